The van der Waals surface area contributed by atoms with Crippen molar-refractivity contribution in [3.63, 3.8) is 0 Å². The number of nitrogens with zero attached hydrogens (tertiary/aromatic N) is 6. The van der Waals surface area contributed by atoms with Gasteiger partial charge in [-0.05, 0) is 24.3 Å². The summed E-state index contributed by atoms with van der Waals surface area (Å²) in [5, 5.41) is 0. The molecule has 2 atom stereocenters. The van der Waals surface area contributed by atoms with Gasteiger partial charge in [0, 0.05) is 23.0 Å². The van der Waals surface area contributed by atoms with Crippen molar-refractivity contribution in [3.05, 3.63) is 59.2 Å². The van der Waals surface area contributed by atoms with Crippen molar-refractivity contribution in [2.24, 2.45) is 20.0 Å². The Hall–Kier alpha value is -3.12. The lowest BCUT2D eigenvalue weighted by Crippen LogP contribution is -2.11. The normalized spacial score (nSPS) is 22.1. The predicted molar refractivity (Wildman–Crippen MR) is 150 cm³/mol. The van der Waals surface area contributed by atoms with Gasteiger partial charge in [-0.2, -0.15) is 23.5 Å². The van der Waals surface area contributed by atoms with E-state index >= 15 is 0 Å². The van der Waals surface area contributed by atoms with Gasteiger partial charge < -0.3 is 18.9 Å². The van der Waals surface area contributed by atoms with E-state index in [2.05, 4.69) is 20.0 Å². The van der Waals surface area contributed by atoms with Gasteiger partial charge in [0.25, 0.3) is 0 Å². The molecule has 0 spiro atoms. The molecule has 12 heteroatoms. The fraction of sp³-hybridized carbons (Fsp3) is 0.462. The molecular formula is C26H28N6O4S2. The van der Waals surface area contributed by atoms with E-state index in [9.17, 15) is 0 Å². The van der Waals surface area contributed by atoms with Crippen LogP contribution < -0.4 is 0 Å². The molecule has 0 saturated carbocycles. The van der Waals surface area contributed by atoms with Gasteiger partial charge >= 0.3 is 0 Å². The number of aromatic nitrogens is 2. The Labute approximate surface area is 229 Å². The van der Waals surface area contributed by atoms with Gasteiger partial charge in [-0.3, -0.25) is 0 Å². The Morgan fingerprint density at radius 3 is 1.47 bits per heavy atom. The van der Waals surface area contributed by atoms with Crippen molar-refractivity contribution in [2.45, 2.75) is 12.1 Å². The number of thioether (sulfide) groups is 2. The van der Waals surface area contributed by atoms with Crippen molar-refractivity contribution < 1.29 is 18.9 Å². The maximum atomic E-state index is 5.84. The molecule has 0 bridgehead atoms. The predicted octanol–water partition coefficient (Wildman–Crippen LogP) is 2.49. The molecule has 0 N–H and O–H groups in total. The number of pyridine rings is 2. The van der Waals surface area contributed by atoms with Crippen LogP contribution in [0.5, 0.6) is 0 Å². The Bertz CT molecular complexity index is 1190. The summed E-state index contributed by atoms with van der Waals surface area (Å²) in [6, 6.07) is 11.8. The van der Waals surface area contributed by atoms with E-state index in [1.165, 1.54) is 0 Å². The SMILES string of the molecule is c1cc(C2=NCCO2)nc(C2=N[C@@H](CSCCSC[C@H]3COC(c4cccc(C5=NCCO5)n4)=N3)CO2)c1. The molecule has 0 unspecified atom stereocenters. The van der Waals surface area contributed by atoms with Crippen molar-refractivity contribution in [2.75, 3.05) is 62.5 Å². The van der Waals surface area contributed by atoms with Gasteiger partial charge in [-0.25, -0.2) is 29.9 Å². The summed E-state index contributed by atoms with van der Waals surface area (Å²) in [5.74, 6) is 6.33. The van der Waals surface area contributed by atoms with E-state index in [1.54, 1.807) is 0 Å². The Kier molecular flexibility index (Phi) is 8.06. The number of rotatable bonds is 11. The molecular weight excluding hydrogens is 524 g/mol. The van der Waals surface area contributed by atoms with Crippen LogP contribution in [0.25, 0.3) is 0 Å². The van der Waals surface area contributed by atoms with Crippen LogP contribution in [0.3, 0.4) is 0 Å². The molecule has 38 heavy (non-hydrogen) atoms. The second-order valence-corrected chi connectivity index (χ2v) is 11.1. The van der Waals surface area contributed by atoms with E-state index in [0.717, 1.165) is 45.8 Å². The highest BCUT2D eigenvalue weighted by atomic mass is 32.2. The van der Waals surface area contributed by atoms with E-state index in [4.69, 9.17) is 28.9 Å². The number of aliphatic imine (C=N–C) groups is 4. The highest BCUT2D eigenvalue weighted by Crippen LogP contribution is 2.19. The quantitative estimate of drug-likeness (QED) is 0.391. The van der Waals surface area contributed by atoms with Crippen LogP contribution in [0.4, 0.5) is 0 Å². The Balaban J connectivity index is 0.913. The van der Waals surface area contributed by atoms with Gasteiger partial charge in [0.15, 0.2) is 0 Å². The summed E-state index contributed by atoms with van der Waals surface area (Å²) in [5.41, 5.74) is 2.90. The van der Waals surface area contributed by atoms with Crippen LogP contribution in [-0.2, 0) is 18.9 Å². The average molecular weight is 553 g/mol. The molecule has 2 aromatic rings. The lowest BCUT2D eigenvalue weighted by Gasteiger charge is -2.06. The van der Waals surface area contributed by atoms with Crippen molar-refractivity contribution in [1.82, 2.24) is 9.97 Å². The standard InChI is InChI=1S/C26H28N6O4S2/c1-3-19(23-27-7-9-33-23)31-21(5-1)25-29-17(13-35-25)15-37-11-12-38-16-18-14-36-26(30-18)22-6-2-4-20(32-22)24-28-8-10-34-24/h1-6,17-18H,7-16H2/t17-,18-/m1/s1. The number of hydrogen-bond acceptors (Lipinski definition) is 12. The van der Waals surface area contributed by atoms with Crippen LogP contribution in [0, 0.1) is 0 Å². The van der Waals surface area contributed by atoms with Crippen LogP contribution >= 0.6 is 23.5 Å². The largest absolute Gasteiger partial charge is 0.474 e. The number of ether oxygens (including phenoxy) is 4. The van der Waals surface area contributed by atoms with Crippen LogP contribution in [0.1, 0.15) is 22.8 Å². The lowest BCUT2D eigenvalue weighted by atomic mass is 10.3. The fourth-order valence-corrected chi connectivity index (χ4v) is 6.33. The third kappa shape index (κ3) is 6.12. The fourth-order valence-electron chi connectivity index (χ4n) is 4.16. The highest BCUT2D eigenvalue weighted by molar-refractivity contribution is 8.02. The van der Waals surface area contributed by atoms with Crippen molar-refractivity contribution in [1.29, 1.82) is 0 Å². The topological polar surface area (TPSA) is 112 Å². The zero-order chi connectivity index (χ0) is 25.6. The molecule has 6 heterocycles. The van der Waals surface area contributed by atoms with Gasteiger partial charge in [0.2, 0.25) is 23.6 Å². The maximum Gasteiger partial charge on any atom is 0.235 e. The van der Waals surface area contributed by atoms with Crippen molar-refractivity contribution >= 4 is 47.1 Å². The molecule has 0 aliphatic carbocycles. The third-order valence-electron chi connectivity index (χ3n) is 5.96. The van der Waals surface area contributed by atoms with E-state index in [-0.39, 0.29) is 12.1 Å². The minimum atomic E-state index is 0.143. The monoisotopic (exact) mass is 552 g/mol. The highest BCUT2D eigenvalue weighted by Gasteiger charge is 2.24. The molecule has 4 aliphatic rings. The van der Waals surface area contributed by atoms with E-state index in [0.29, 0.717) is 63.1 Å². The molecule has 2 aromatic heterocycles. The van der Waals surface area contributed by atoms with Gasteiger partial charge in [0.05, 0.1) is 25.2 Å². The Morgan fingerprint density at radius 1 is 0.605 bits per heavy atom. The maximum absolute atomic E-state index is 5.84. The summed E-state index contributed by atoms with van der Waals surface area (Å²) >= 11 is 3.79. The first-order valence-corrected chi connectivity index (χ1v) is 15.0. The summed E-state index contributed by atoms with van der Waals surface area (Å²) in [7, 11) is 0. The molecule has 0 saturated heterocycles. The summed E-state index contributed by atoms with van der Waals surface area (Å²) in [6.07, 6.45) is 0. The first-order valence-electron chi connectivity index (χ1n) is 12.7. The molecule has 4 aliphatic heterocycles. The summed E-state index contributed by atoms with van der Waals surface area (Å²) in [4.78, 5) is 27.4. The second kappa shape index (κ2) is 12.2. The van der Waals surface area contributed by atoms with Crippen LogP contribution in [-0.4, -0.2) is 108 Å². The first-order chi connectivity index (χ1) is 18.8. The second-order valence-electron chi connectivity index (χ2n) is 8.83. The Morgan fingerprint density at radius 2 is 1.05 bits per heavy atom. The number of hydrogen-bond donors (Lipinski definition) is 0. The smallest absolute Gasteiger partial charge is 0.235 e. The zero-order valence-electron chi connectivity index (χ0n) is 20.8. The average Bonchev–Trinajstić information content (AvgIpc) is 3.78. The molecule has 0 amide bonds. The van der Waals surface area contributed by atoms with Crippen LogP contribution in [0.2, 0.25) is 0 Å². The first kappa shape index (κ1) is 25.2. The molecule has 0 fully saturated rings. The van der Waals surface area contributed by atoms with E-state index in [1.807, 2.05) is 59.9 Å². The van der Waals surface area contributed by atoms with Crippen LogP contribution in [0.15, 0.2) is 56.4 Å². The minimum absolute atomic E-state index is 0.143. The molecule has 6 rings (SSSR count). The molecule has 10 nitrogen and oxygen atoms in total. The minimum Gasteiger partial charge on any atom is -0.474 e. The lowest BCUT2D eigenvalue weighted by molar-refractivity contribution is 0.324. The molecule has 198 valence electrons. The van der Waals surface area contributed by atoms with Gasteiger partial charge in [-0.15, -0.1) is 0 Å². The zero-order valence-corrected chi connectivity index (χ0v) is 22.5. The third-order valence-corrected chi connectivity index (χ3v) is 8.45. The van der Waals surface area contributed by atoms with E-state index < -0.39 is 0 Å². The molecule has 0 aromatic carbocycles. The van der Waals surface area contributed by atoms with Gasteiger partial charge in [-0.1, -0.05) is 12.1 Å². The summed E-state index contributed by atoms with van der Waals surface area (Å²) < 4.78 is 22.7. The molecule has 0 radical (unpaired) electrons. The summed E-state index contributed by atoms with van der Waals surface area (Å²) in [6.45, 7) is 3.75. The van der Waals surface area contributed by atoms with Gasteiger partial charge in [0.1, 0.15) is 49.2 Å². The van der Waals surface area contributed by atoms with Crippen molar-refractivity contribution in [3.8, 4) is 0 Å².